The van der Waals surface area contributed by atoms with E-state index in [2.05, 4.69) is 0 Å². The standard InChI is InChI=1S/C16H15NO5/c1-3-22-16(19)12-6-4-5-11(8-12)13-7-10(2)15(18)9-14(13)17(20)21/h4-9,18H,3H2,1-2H3. The zero-order chi connectivity index (χ0) is 16.3. The van der Waals surface area contributed by atoms with Gasteiger partial charge in [0, 0.05) is 0 Å². The van der Waals surface area contributed by atoms with E-state index in [9.17, 15) is 20.0 Å². The summed E-state index contributed by atoms with van der Waals surface area (Å²) in [5.74, 6) is -0.625. The van der Waals surface area contributed by atoms with Gasteiger partial charge < -0.3 is 9.84 Å². The number of carbonyl (C=O) groups excluding carboxylic acids is 1. The SMILES string of the molecule is CCOC(=O)c1cccc(-c2cc(C)c(O)cc2[N+](=O)[O-])c1. The van der Waals surface area contributed by atoms with Crippen molar-refractivity contribution in [2.75, 3.05) is 6.61 Å². The third-order valence-electron chi connectivity index (χ3n) is 3.20. The van der Waals surface area contributed by atoms with Crippen molar-refractivity contribution in [1.82, 2.24) is 0 Å². The lowest BCUT2D eigenvalue weighted by Gasteiger charge is -2.08. The van der Waals surface area contributed by atoms with E-state index in [0.717, 1.165) is 6.07 Å². The van der Waals surface area contributed by atoms with Crippen molar-refractivity contribution in [2.24, 2.45) is 0 Å². The Labute approximate surface area is 127 Å². The van der Waals surface area contributed by atoms with Crippen molar-refractivity contribution >= 4 is 11.7 Å². The smallest absolute Gasteiger partial charge is 0.338 e. The molecule has 0 heterocycles. The third-order valence-corrected chi connectivity index (χ3v) is 3.20. The molecule has 114 valence electrons. The average molecular weight is 301 g/mol. The molecule has 0 radical (unpaired) electrons. The normalized spacial score (nSPS) is 10.3. The van der Waals surface area contributed by atoms with Crippen LogP contribution in [0.1, 0.15) is 22.8 Å². The lowest BCUT2D eigenvalue weighted by Crippen LogP contribution is -2.04. The first-order valence-corrected chi connectivity index (χ1v) is 6.69. The molecule has 6 heteroatoms. The molecule has 0 unspecified atom stereocenters. The highest BCUT2D eigenvalue weighted by atomic mass is 16.6. The van der Waals surface area contributed by atoms with Gasteiger partial charge in [-0.25, -0.2) is 4.79 Å². The van der Waals surface area contributed by atoms with E-state index in [1.54, 1.807) is 32.0 Å². The molecule has 0 saturated carbocycles. The minimum absolute atomic E-state index is 0.142. The Balaban J connectivity index is 2.57. The van der Waals surface area contributed by atoms with Crippen molar-refractivity contribution in [3.8, 4) is 16.9 Å². The minimum Gasteiger partial charge on any atom is -0.507 e. The number of carbonyl (C=O) groups is 1. The van der Waals surface area contributed by atoms with Crippen LogP contribution in [0.4, 0.5) is 5.69 Å². The van der Waals surface area contributed by atoms with Crippen molar-refractivity contribution in [3.05, 3.63) is 57.6 Å². The summed E-state index contributed by atoms with van der Waals surface area (Å²) in [6, 6.07) is 9.06. The molecule has 0 atom stereocenters. The van der Waals surface area contributed by atoms with Gasteiger partial charge in [-0.3, -0.25) is 10.1 Å². The van der Waals surface area contributed by atoms with Gasteiger partial charge in [-0.1, -0.05) is 12.1 Å². The Kier molecular flexibility index (Phi) is 4.41. The number of nitrogens with zero attached hydrogens (tertiary/aromatic N) is 1. The van der Waals surface area contributed by atoms with Crippen LogP contribution in [0.2, 0.25) is 0 Å². The van der Waals surface area contributed by atoms with Gasteiger partial charge in [-0.15, -0.1) is 0 Å². The fraction of sp³-hybridized carbons (Fsp3) is 0.188. The molecule has 0 fully saturated rings. The topological polar surface area (TPSA) is 89.7 Å². The fourth-order valence-corrected chi connectivity index (χ4v) is 2.10. The third kappa shape index (κ3) is 3.06. The number of ether oxygens (including phenoxy) is 1. The van der Waals surface area contributed by atoms with Gasteiger partial charge in [-0.2, -0.15) is 0 Å². The Morgan fingerprint density at radius 1 is 1.32 bits per heavy atom. The van der Waals surface area contributed by atoms with E-state index in [0.29, 0.717) is 22.3 Å². The van der Waals surface area contributed by atoms with Crippen molar-refractivity contribution in [2.45, 2.75) is 13.8 Å². The summed E-state index contributed by atoms with van der Waals surface area (Å²) in [5.41, 5.74) is 1.47. The molecule has 0 bridgehead atoms. The molecular formula is C16H15NO5. The van der Waals surface area contributed by atoms with Crippen LogP contribution in [0.25, 0.3) is 11.1 Å². The molecule has 2 aromatic carbocycles. The molecule has 0 aliphatic carbocycles. The van der Waals surface area contributed by atoms with Crippen LogP contribution in [0.5, 0.6) is 5.75 Å². The Morgan fingerprint density at radius 3 is 2.68 bits per heavy atom. The number of nitro groups is 1. The number of rotatable bonds is 4. The van der Waals surface area contributed by atoms with Gasteiger partial charge >= 0.3 is 5.97 Å². The van der Waals surface area contributed by atoms with E-state index in [4.69, 9.17) is 4.74 Å². The maximum atomic E-state index is 11.8. The van der Waals surface area contributed by atoms with Gasteiger partial charge in [0.25, 0.3) is 5.69 Å². The zero-order valence-electron chi connectivity index (χ0n) is 12.2. The lowest BCUT2D eigenvalue weighted by molar-refractivity contribution is -0.384. The van der Waals surface area contributed by atoms with E-state index in [-0.39, 0.29) is 18.0 Å². The van der Waals surface area contributed by atoms with Crippen LogP contribution in [0.3, 0.4) is 0 Å². The van der Waals surface area contributed by atoms with Crippen LogP contribution < -0.4 is 0 Å². The fourth-order valence-electron chi connectivity index (χ4n) is 2.10. The number of esters is 1. The van der Waals surface area contributed by atoms with Crippen LogP contribution in [-0.2, 0) is 4.74 Å². The molecule has 0 saturated heterocycles. The number of aryl methyl sites for hydroxylation is 1. The number of phenols is 1. The Bertz CT molecular complexity index is 739. The maximum absolute atomic E-state index is 11.8. The van der Waals surface area contributed by atoms with E-state index >= 15 is 0 Å². The van der Waals surface area contributed by atoms with Crippen molar-refractivity contribution < 1.29 is 19.6 Å². The molecule has 0 aliphatic rings. The average Bonchev–Trinajstić information content (AvgIpc) is 2.49. The summed E-state index contributed by atoms with van der Waals surface area (Å²) >= 11 is 0. The number of benzene rings is 2. The van der Waals surface area contributed by atoms with Crippen LogP contribution in [-0.4, -0.2) is 22.6 Å². The first-order valence-electron chi connectivity index (χ1n) is 6.69. The molecule has 0 amide bonds. The predicted molar refractivity (Wildman–Crippen MR) is 80.9 cm³/mol. The predicted octanol–water partition coefficient (Wildman–Crippen LogP) is 3.45. The lowest BCUT2D eigenvalue weighted by atomic mass is 9.99. The van der Waals surface area contributed by atoms with Gasteiger partial charge in [0.1, 0.15) is 5.75 Å². The number of nitro benzene ring substituents is 1. The van der Waals surface area contributed by atoms with Gasteiger partial charge in [0.15, 0.2) is 0 Å². The number of phenolic OH excluding ortho intramolecular Hbond substituents is 1. The summed E-state index contributed by atoms with van der Waals surface area (Å²) < 4.78 is 4.93. The van der Waals surface area contributed by atoms with Gasteiger partial charge in [0.2, 0.25) is 0 Å². The molecular weight excluding hydrogens is 286 g/mol. The highest BCUT2D eigenvalue weighted by molar-refractivity contribution is 5.91. The van der Waals surface area contributed by atoms with Crippen molar-refractivity contribution in [1.29, 1.82) is 0 Å². The number of hydrogen-bond donors (Lipinski definition) is 1. The van der Waals surface area contributed by atoms with Crippen LogP contribution >= 0.6 is 0 Å². The number of hydrogen-bond acceptors (Lipinski definition) is 5. The number of aromatic hydroxyl groups is 1. The first-order chi connectivity index (χ1) is 10.4. The molecule has 22 heavy (non-hydrogen) atoms. The monoisotopic (exact) mass is 301 g/mol. The zero-order valence-corrected chi connectivity index (χ0v) is 12.2. The minimum atomic E-state index is -0.564. The molecule has 6 nitrogen and oxygen atoms in total. The second kappa shape index (κ2) is 6.26. The van der Waals surface area contributed by atoms with Crippen LogP contribution in [0, 0.1) is 17.0 Å². The molecule has 2 rings (SSSR count). The summed E-state index contributed by atoms with van der Waals surface area (Å²) in [7, 11) is 0. The highest BCUT2D eigenvalue weighted by Crippen LogP contribution is 2.35. The maximum Gasteiger partial charge on any atom is 0.338 e. The summed E-state index contributed by atoms with van der Waals surface area (Å²) in [4.78, 5) is 22.4. The molecule has 2 aromatic rings. The van der Waals surface area contributed by atoms with Crippen LogP contribution in [0.15, 0.2) is 36.4 Å². The molecule has 0 aliphatic heterocycles. The Hall–Kier alpha value is -2.89. The quantitative estimate of drug-likeness (QED) is 0.530. The van der Waals surface area contributed by atoms with Crippen molar-refractivity contribution in [3.63, 3.8) is 0 Å². The summed E-state index contributed by atoms with van der Waals surface area (Å²) in [6.07, 6.45) is 0. The largest absolute Gasteiger partial charge is 0.507 e. The second-order valence-electron chi connectivity index (χ2n) is 4.71. The highest BCUT2D eigenvalue weighted by Gasteiger charge is 2.19. The van der Waals surface area contributed by atoms with Gasteiger partial charge in [-0.05, 0) is 43.2 Å². The molecule has 0 spiro atoms. The van der Waals surface area contributed by atoms with E-state index < -0.39 is 10.9 Å². The van der Waals surface area contributed by atoms with E-state index in [1.807, 2.05) is 0 Å². The van der Waals surface area contributed by atoms with Gasteiger partial charge in [0.05, 0.1) is 28.7 Å². The summed E-state index contributed by atoms with van der Waals surface area (Å²) in [5, 5.41) is 20.8. The first kappa shape index (κ1) is 15.5. The van der Waals surface area contributed by atoms with E-state index in [1.165, 1.54) is 12.1 Å². The second-order valence-corrected chi connectivity index (χ2v) is 4.71. The molecule has 0 aromatic heterocycles. The Morgan fingerprint density at radius 2 is 2.05 bits per heavy atom. The summed E-state index contributed by atoms with van der Waals surface area (Å²) in [6.45, 7) is 3.61. The molecule has 1 N–H and O–H groups in total.